The van der Waals surface area contributed by atoms with Crippen LogP contribution in [0.1, 0.15) is 4.88 Å². The molecule has 0 fully saturated rings. The molecule has 4 nitrogen and oxygen atoms in total. The van der Waals surface area contributed by atoms with Crippen LogP contribution in [0, 0.1) is 0 Å². The highest BCUT2D eigenvalue weighted by Gasteiger charge is 2.27. The Balaban J connectivity index is 3.04. The van der Waals surface area contributed by atoms with Crippen molar-refractivity contribution in [3.8, 4) is 0 Å². The zero-order valence-electron chi connectivity index (χ0n) is 9.78. The SMILES string of the molecule is CNCc1cc(S(=O)(=O)N(C)CC(F)F)c(Br)s1. The Kier molecular flexibility index (Phi) is 5.66. The molecule has 0 saturated carbocycles. The van der Waals surface area contributed by atoms with Crippen molar-refractivity contribution in [3.63, 3.8) is 0 Å². The molecule has 0 aliphatic heterocycles. The summed E-state index contributed by atoms with van der Waals surface area (Å²) in [6, 6.07) is 1.49. The van der Waals surface area contributed by atoms with Crippen molar-refractivity contribution in [2.45, 2.75) is 17.9 Å². The standard InChI is InChI=1S/C9H13BrF2N2O2S2/c1-13-4-6-3-7(9(10)17-6)18(15,16)14(2)5-8(11)12/h3,8,13H,4-5H2,1-2H3. The molecule has 0 aromatic carbocycles. The van der Waals surface area contributed by atoms with E-state index in [0.29, 0.717) is 14.6 Å². The molecule has 1 aromatic heterocycles. The molecule has 0 bridgehead atoms. The molecule has 0 unspecified atom stereocenters. The second-order valence-electron chi connectivity index (χ2n) is 3.56. The van der Waals surface area contributed by atoms with Crippen LogP contribution in [-0.4, -0.2) is 39.8 Å². The minimum absolute atomic E-state index is 0.0286. The number of nitrogens with one attached hydrogen (secondary N) is 1. The molecule has 0 aliphatic carbocycles. The third-order valence-electron chi connectivity index (χ3n) is 2.14. The van der Waals surface area contributed by atoms with E-state index in [-0.39, 0.29) is 4.90 Å². The maximum absolute atomic E-state index is 12.2. The molecule has 0 amide bonds. The molecule has 1 heterocycles. The van der Waals surface area contributed by atoms with E-state index in [0.717, 1.165) is 11.9 Å². The van der Waals surface area contributed by atoms with Gasteiger partial charge in [0.25, 0.3) is 6.43 Å². The van der Waals surface area contributed by atoms with E-state index in [2.05, 4.69) is 21.2 Å². The van der Waals surface area contributed by atoms with Crippen molar-refractivity contribution in [1.29, 1.82) is 0 Å². The molecular formula is C9H13BrF2N2O2S2. The quantitative estimate of drug-likeness (QED) is 0.842. The summed E-state index contributed by atoms with van der Waals surface area (Å²) in [4.78, 5) is 0.842. The van der Waals surface area contributed by atoms with Gasteiger partial charge in [-0.15, -0.1) is 11.3 Å². The summed E-state index contributed by atoms with van der Waals surface area (Å²) in [6.07, 6.45) is -2.70. The van der Waals surface area contributed by atoms with Crippen LogP contribution in [0.15, 0.2) is 14.7 Å². The fraction of sp³-hybridized carbons (Fsp3) is 0.556. The maximum Gasteiger partial charge on any atom is 0.252 e. The highest BCUT2D eigenvalue weighted by molar-refractivity contribution is 9.11. The number of sulfonamides is 1. The molecular weight excluding hydrogens is 350 g/mol. The van der Waals surface area contributed by atoms with Crippen LogP contribution < -0.4 is 5.32 Å². The highest BCUT2D eigenvalue weighted by Crippen LogP contribution is 2.33. The van der Waals surface area contributed by atoms with Crippen molar-refractivity contribution in [2.75, 3.05) is 20.6 Å². The fourth-order valence-corrected chi connectivity index (χ4v) is 5.08. The third kappa shape index (κ3) is 3.70. The number of hydrogen-bond donors (Lipinski definition) is 1. The second kappa shape index (κ2) is 6.38. The van der Waals surface area contributed by atoms with Crippen molar-refractivity contribution >= 4 is 37.3 Å². The van der Waals surface area contributed by atoms with Crippen LogP contribution in [0.2, 0.25) is 0 Å². The Hall–Kier alpha value is -0.0900. The average molecular weight is 363 g/mol. The summed E-state index contributed by atoms with van der Waals surface area (Å²) in [5.41, 5.74) is 0. The van der Waals surface area contributed by atoms with Gasteiger partial charge in [0.15, 0.2) is 0 Å². The molecule has 1 N–H and O–H groups in total. The van der Waals surface area contributed by atoms with Crippen molar-refractivity contribution < 1.29 is 17.2 Å². The molecule has 1 aromatic rings. The second-order valence-corrected chi connectivity index (χ2v) is 8.03. The lowest BCUT2D eigenvalue weighted by Crippen LogP contribution is -2.31. The van der Waals surface area contributed by atoms with Crippen LogP contribution in [0.25, 0.3) is 0 Å². The Labute approximate surface area is 117 Å². The largest absolute Gasteiger partial charge is 0.315 e. The first-order chi connectivity index (χ1) is 8.28. The van der Waals surface area contributed by atoms with Gasteiger partial charge in [0.1, 0.15) is 4.90 Å². The molecule has 0 radical (unpaired) electrons. The first-order valence-electron chi connectivity index (χ1n) is 4.96. The van der Waals surface area contributed by atoms with Crippen LogP contribution in [0.3, 0.4) is 0 Å². The zero-order valence-corrected chi connectivity index (χ0v) is 13.0. The lowest BCUT2D eigenvalue weighted by atomic mass is 10.5. The number of halogens is 3. The minimum atomic E-state index is -3.87. The third-order valence-corrected chi connectivity index (χ3v) is 6.22. The zero-order chi connectivity index (χ0) is 13.9. The van der Waals surface area contributed by atoms with Gasteiger partial charge in [0, 0.05) is 18.5 Å². The summed E-state index contributed by atoms with van der Waals surface area (Å²) >= 11 is 4.42. The average Bonchev–Trinajstić information content (AvgIpc) is 2.59. The fourth-order valence-electron chi connectivity index (χ4n) is 1.30. The van der Waals surface area contributed by atoms with Crippen LogP contribution >= 0.6 is 27.3 Å². The summed E-state index contributed by atoms with van der Waals surface area (Å²) in [6.45, 7) is -0.288. The van der Waals surface area contributed by atoms with Gasteiger partial charge in [-0.2, -0.15) is 4.31 Å². The Morgan fingerprint density at radius 1 is 1.56 bits per heavy atom. The van der Waals surface area contributed by atoms with Gasteiger partial charge < -0.3 is 5.32 Å². The Morgan fingerprint density at radius 3 is 2.67 bits per heavy atom. The molecule has 18 heavy (non-hydrogen) atoms. The lowest BCUT2D eigenvalue weighted by Gasteiger charge is -2.15. The first kappa shape index (κ1) is 16.0. The summed E-state index contributed by atoms with van der Waals surface area (Å²) < 4.78 is 49.7. The van der Waals surface area contributed by atoms with Gasteiger partial charge in [0.05, 0.1) is 10.3 Å². The number of alkyl halides is 2. The molecule has 0 saturated heterocycles. The van der Waals surface area contributed by atoms with Crippen molar-refractivity contribution in [2.24, 2.45) is 0 Å². The van der Waals surface area contributed by atoms with Crippen LogP contribution in [-0.2, 0) is 16.6 Å². The van der Waals surface area contributed by atoms with Crippen LogP contribution in [0.4, 0.5) is 8.78 Å². The Bertz CT molecular complexity index is 505. The Morgan fingerprint density at radius 2 is 2.17 bits per heavy atom. The highest BCUT2D eigenvalue weighted by atomic mass is 79.9. The monoisotopic (exact) mass is 362 g/mol. The maximum atomic E-state index is 12.2. The normalized spacial score (nSPS) is 12.6. The van der Waals surface area contributed by atoms with Crippen molar-refractivity contribution in [1.82, 2.24) is 9.62 Å². The number of rotatable bonds is 6. The van der Waals surface area contributed by atoms with Gasteiger partial charge >= 0.3 is 0 Å². The van der Waals surface area contributed by atoms with Gasteiger partial charge in [0.2, 0.25) is 10.0 Å². The van der Waals surface area contributed by atoms with Gasteiger partial charge in [-0.1, -0.05) is 0 Å². The van der Waals surface area contributed by atoms with E-state index in [9.17, 15) is 17.2 Å². The molecule has 0 spiro atoms. The van der Waals surface area contributed by atoms with E-state index < -0.39 is 23.0 Å². The number of nitrogens with zero attached hydrogens (tertiary/aromatic N) is 1. The topological polar surface area (TPSA) is 49.4 Å². The number of thiophene rings is 1. The molecule has 0 aliphatic rings. The van der Waals surface area contributed by atoms with E-state index >= 15 is 0 Å². The molecule has 0 atom stereocenters. The van der Waals surface area contributed by atoms with E-state index in [1.807, 2.05) is 0 Å². The van der Waals surface area contributed by atoms with E-state index in [4.69, 9.17) is 0 Å². The summed E-state index contributed by atoms with van der Waals surface area (Å²) in [5, 5.41) is 2.90. The lowest BCUT2D eigenvalue weighted by molar-refractivity contribution is 0.126. The van der Waals surface area contributed by atoms with Crippen LogP contribution in [0.5, 0.6) is 0 Å². The van der Waals surface area contributed by atoms with Gasteiger partial charge in [-0.25, -0.2) is 17.2 Å². The smallest absolute Gasteiger partial charge is 0.252 e. The van der Waals surface area contributed by atoms with E-state index in [1.165, 1.54) is 17.4 Å². The first-order valence-corrected chi connectivity index (χ1v) is 8.01. The number of hydrogen-bond acceptors (Lipinski definition) is 4. The molecule has 104 valence electrons. The minimum Gasteiger partial charge on any atom is -0.315 e. The molecule has 1 rings (SSSR count). The van der Waals surface area contributed by atoms with Crippen molar-refractivity contribution in [3.05, 3.63) is 14.7 Å². The van der Waals surface area contributed by atoms with Gasteiger partial charge in [-0.05, 0) is 29.0 Å². The summed E-state index contributed by atoms with van der Waals surface area (Å²) in [7, 11) is -0.990. The predicted octanol–water partition coefficient (Wildman–Crippen LogP) is 2.12. The van der Waals surface area contributed by atoms with Gasteiger partial charge in [-0.3, -0.25) is 0 Å². The molecule has 9 heteroatoms. The predicted molar refractivity (Wildman–Crippen MR) is 70.6 cm³/mol. The van der Waals surface area contributed by atoms with E-state index in [1.54, 1.807) is 7.05 Å². The summed E-state index contributed by atoms with van der Waals surface area (Å²) in [5.74, 6) is 0.